The van der Waals surface area contributed by atoms with Crippen molar-refractivity contribution in [1.82, 2.24) is 4.98 Å². The Hall–Kier alpha value is -1.51. The molecule has 106 valence electrons. The number of pyridine rings is 1. The van der Waals surface area contributed by atoms with Crippen LogP contribution in [0.3, 0.4) is 0 Å². The van der Waals surface area contributed by atoms with Crippen molar-refractivity contribution in [3.05, 3.63) is 17.8 Å². The van der Waals surface area contributed by atoms with Crippen LogP contribution >= 0.6 is 0 Å². The minimum atomic E-state index is -4.76. The Labute approximate surface area is 107 Å². The van der Waals surface area contributed by atoms with Crippen LogP contribution in [-0.2, 0) is 16.2 Å². The minimum Gasteiger partial charge on any atom is -0.490 e. The zero-order valence-corrected chi connectivity index (χ0v) is 10.7. The number of nitrogens with one attached hydrogen (secondary N) is 1. The lowest BCUT2D eigenvalue weighted by molar-refractivity contribution is -0.138. The van der Waals surface area contributed by atoms with Crippen LogP contribution in [0.4, 0.5) is 19.0 Å². The second-order valence-electron chi connectivity index (χ2n) is 4.22. The Bertz CT molecular complexity index is 582. The fourth-order valence-electron chi connectivity index (χ4n) is 1.43. The summed E-state index contributed by atoms with van der Waals surface area (Å²) in [6.45, 7) is 0. The van der Waals surface area contributed by atoms with E-state index in [1.54, 1.807) is 4.72 Å². The van der Waals surface area contributed by atoms with Gasteiger partial charge in [0.25, 0.3) is 0 Å². The van der Waals surface area contributed by atoms with Gasteiger partial charge in [-0.1, -0.05) is 0 Å². The zero-order valence-electron chi connectivity index (χ0n) is 9.86. The van der Waals surface area contributed by atoms with Gasteiger partial charge >= 0.3 is 6.18 Å². The molecule has 0 aliphatic heterocycles. The van der Waals surface area contributed by atoms with Gasteiger partial charge in [-0.05, 0) is 18.9 Å². The number of sulfonamides is 1. The predicted molar refractivity (Wildman–Crippen MR) is 61.4 cm³/mol. The number of nitrogens with zero attached hydrogens (tertiary/aromatic N) is 1. The van der Waals surface area contributed by atoms with Gasteiger partial charge in [0.1, 0.15) is 11.3 Å². The first-order chi connectivity index (χ1) is 8.67. The molecule has 0 amide bonds. The maximum Gasteiger partial charge on any atom is 0.423 e. The molecule has 2 rings (SSSR count). The number of rotatable bonds is 4. The number of hydrogen-bond acceptors (Lipinski definition) is 4. The fraction of sp³-hybridized carbons (Fsp3) is 0.500. The van der Waals surface area contributed by atoms with Crippen molar-refractivity contribution in [1.29, 1.82) is 0 Å². The average molecular weight is 296 g/mol. The van der Waals surface area contributed by atoms with Crippen molar-refractivity contribution in [2.24, 2.45) is 0 Å². The van der Waals surface area contributed by atoms with Crippen molar-refractivity contribution in [2.75, 3.05) is 11.0 Å². The first kappa shape index (κ1) is 13.9. The highest BCUT2D eigenvalue weighted by molar-refractivity contribution is 7.92. The lowest BCUT2D eigenvalue weighted by atomic mass is 10.2. The monoisotopic (exact) mass is 296 g/mol. The molecule has 1 N–H and O–H groups in total. The average Bonchev–Trinajstić information content (AvgIpc) is 2.97. The number of alkyl halides is 3. The van der Waals surface area contributed by atoms with E-state index in [9.17, 15) is 21.6 Å². The van der Waals surface area contributed by atoms with Gasteiger partial charge in [-0.3, -0.25) is 4.72 Å². The van der Waals surface area contributed by atoms with E-state index in [2.05, 4.69) is 4.98 Å². The van der Waals surface area contributed by atoms with E-state index >= 15 is 0 Å². The summed E-state index contributed by atoms with van der Waals surface area (Å²) in [5.41, 5.74) is -1.20. The molecular formula is C10H11F3N2O3S. The lowest BCUT2D eigenvalue weighted by Gasteiger charge is -2.16. The third-order valence-corrected chi connectivity index (χ3v) is 2.86. The molecule has 1 saturated carbocycles. The standard InChI is InChI=1S/C10H11F3N2O3S/c1-19(16,17)15-9-8(10(11,12)13)7(4-5-14-9)18-6-2-3-6/h4-6H,2-3H2,1H3,(H,14,15). The minimum absolute atomic E-state index is 0.241. The van der Waals surface area contributed by atoms with Gasteiger partial charge in [0.15, 0.2) is 5.82 Å². The topological polar surface area (TPSA) is 68.3 Å². The second kappa shape index (κ2) is 4.55. The Kier molecular flexibility index (Phi) is 3.33. The molecule has 9 heteroatoms. The van der Waals surface area contributed by atoms with E-state index in [-0.39, 0.29) is 6.10 Å². The Morgan fingerprint density at radius 1 is 1.42 bits per heavy atom. The van der Waals surface area contributed by atoms with Crippen LogP contribution in [0.5, 0.6) is 5.75 Å². The molecule has 1 heterocycles. The largest absolute Gasteiger partial charge is 0.490 e. The third kappa shape index (κ3) is 3.72. The summed E-state index contributed by atoms with van der Waals surface area (Å²) in [6, 6.07) is 1.08. The quantitative estimate of drug-likeness (QED) is 0.923. The van der Waals surface area contributed by atoms with Gasteiger partial charge in [0, 0.05) is 6.20 Å². The SMILES string of the molecule is CS(=O)(=O)Nc1nccc(OC2CC2)c1C(F)(F)F. The lowest BCUT2D eigenvalue weighted by Crippen LogP contribution is -2.18. The van der Waals surface area contributed by atoms with Gasteiger partial charge in [-0.15, -0.1) is 0 Å². The highest BCUT2D eigenvalue weighted by Crippen LogP contribution is 2.42. The van der Waals surface area contributed by atoms with Crippen molar-refractivity contribution >= 4 is 15.8 Å². The number of anilines is 1. The molecule has 1 aliphatic carbocycles. The molecular weight excluding hydrogens is 285 g/mol. The first-order valence-electron chi connectivity index (χ1n) is 5.37. The molecule has 1 aliphatic rings. The fourth-order valence-corrected chi connectivity index (χ4v) is 1.94. The molecule has 0 bridgehead atoms. The number of aromatic nitrogens is 1. The van der Waals surface area contributed by atoms with E-state index in [4.69, 9.17) is 4.74 Å². The van der Waals surface area contributed by atoms with Crippen molar-refractivity contribution in [2.45, 2.75) is 25.1 Å². The highest BCUT2D eigenvalue weighted by atomic mass is 32.2. The summed E-state index contributed by atoms with van der Waals surface area (Å²) in [5, 5.41) is 0. The first-order valence-corrected chi connectivity index (χ1v) is 7.26. The Morgan fingerprint density at radius 3 is 2.53 bits per heavy atom. The number of ether oxygens (including phenoxy) is 1. The van der Waals surface area contributed by atoms with Gasteiger partial charge in [0.05, 0.1) is 12.4 Å². The molecule has 0 spiro atoms. The van der Waals surface area contributed by atoms with E-state index in [1.165, 1.54) is 0 Å². The molecule has 1 fully saturated rings. The van der Waals surface area contributed by atoms with Gasteiger partial charge in [-0.25, -0.2) is 13.4 Å². The normalized spacial score (nSPS) is 16.2. The van der Waals surface area contributed by atoms with Crippen molar-refractivity contribution in [3.63, 3.8) is 0 Å². The van der Waals surface area contributed by atoms with Crippen molar-refractivity contribution < 1.29 is 26.3 Å². The summed E-state index contributed by atoms with van der Waals surface area (Å²) in [4.78, 5) is 3.43. The van der Waals surface area contributed by atoms with Crippen LogP contribution in [-0.4, -0.2) is 25.8 Å². The smallest absolute Gasteiger partial charge is 0.423 e. The van der Waals surface area contributed by atoms with Crippen molar-refractivity contribution in [3.8, 4) is 5.75 Å². The Balaban J connectivity index is 2.46. The third-order valence-electron chi connectivity index (χ3n) is 2.30. The van der Waals surface area contributed by atoms with Gasteiger partial charge < -0.3 is 4.74 Å². The zero-order chi connectivity index (χ0) is 14.3. The van der Waals surface area contributed by atoms with E-state index < -0.39 is 33.3 Å². The van der Waals surface area contributed by atoms with Crippen LogP contribution in [0, 0.1) is 0 Å². The Morgan fingerprint density at radius 2 is 2.05 bits per heavy atom. The molecule has 19 heavy (non-hydrogen) atoms. The van der Waals surface area contributed by atoms with Crippen LogP contribution in [0.25, 0.3) is 0 Å². The second-order valence-corrected chi connectivity index (χ2v) is 5.97. The molecule has 5 nitrogen and oxygen atoms in total. The summed E-state index contributed by atoms with van der Waals surface area (Å²) >= 11 is 0. The van der Waals surface area contributed by atoms with Crippen LogP contribution in [0.2, 0.25) is 0 Å². The number of hydrogen-bond donors (Lipinski definition) is 1. The molecule has 0 aromatic carbocycles. The van der Waals surface area contributed by atoms with Crippen LogP contribution < -0.4 is 9.46 Å². The predicted octanol–water partition coefficient (Wildman–Crippen LogP) is 2.01. The van der Waals surface area contributed by atoms with Gasteiger partial charge in [-0.2, -0.15) is 13.2 Å². The summed E-state index contributed by atoms with van der Waals surface area (Å²) in [5.74, 6) is -1.18. The van der Waals surface area contributed by atoms with E-state index in [1.807, 2.05) is 0 Å². The van der Waals surface area contributed by atoms with Crippen LogP contribution in [0.15, 0.2) is 12.3 Å². The van der Waals surface area contributed by atoms with E-state index in [0.29, 0.717) is 12.8 Å². The highest BCUT2D eigenvalue weighted by Gasteiger charge is 2.40. The molecule has 0 radical (unpaired) electrons. The molecule has 0 saturated heterocycles. The molecule has 0 atom stereocenters. The van der Waals surface area contributed by atoms with Crippen LogP contribution in [0.1, 0.15) is 18.4 Å². The number of halogens is 3. The molecule has 0 unspecified atom stereocenters. The molecule has 1 aromatic rings. The van der Waals surface area contributed by atoms with Gasteiger partial charge in [0.2, 0.25) is 10.0 Å². The summed E-state index contributed by atoms with van der Waals surface area (Å²) in [6.07, 6.45) is -1.80. The molecule has 1 aromatic heterocycles. The summed E-state index contributed by atoms with van der Waals surface area (Å²) < 4.78 is 68.0. The maximum absolute atomic E-state index is 13.0. The van der Waals surface area contributed by atoms with E-state index in [0.717, 1.165) is 18.5 Å². The maximum atomic E-state index is 13.0. The summed E-state index contributed by atoms with van der Waals surface area (Å²) in [7, 11) is -3.86.